The van der Waals surface area contributed by atoms with Crippen LogP contribution in [0.2, 0.25) is 0 Å². The third-order valence-corrected chi connectivity index (χ3v) is 4.34. The Kier molecular flexibility index (Phi) is 5.46. The van der Waals surface area contributed by atoms with Gasteiger partial charge in [-0.1, -0.05) is 23.5 Å². The molecule has 18 heavy (non-hydrogen) atoms. The summed E-state index contributed by atoms with van der Waals surface area (Å²) >= 11 is 3.70. The zero-order chi connectivity index (χ0) is 13.8. The zero-order valence-corrected chi connectivity index (χ0v) is 11.5. The lowest BCUT2D eigenvalue weighted by Gasteiger charge is -1.94. The molecule has 0 saturated carbocycles. The predicted octanol–water partition coefficient (Wildman–Crippen LogP) is 4.23. The quantitative estimate of drug-likeness (QED) is 0.347. The number of hydrogen-bond donors (Lipinski definition) is 0. The average molecular weight is 297 g/mol. The minimum absolute atomic E-state index is 1.06. The van der Waals surface area contributed by atoms with Gasteiger partial charge in [0.15, 0.2) is 0 Å². The summed E-state index contributed by atoms with van der Waals surface area (Å²) in [4.78, 5) is 0. The standard InChI is InChI=1S/C10H12NS2.BF4/c1-3-11-8-6-4-5-7-9(8)13-10(11)12-2;2-1(3,4)5/h4-7H,3H2,1-2H3;/q+1;-1. The SMILES string of the molecule is CC[n+]1c(SC)sc2ccccc21.F[B-](F)(F)F. The van der Waals surface area contributed by atoms with Gasteiger partial charge in [0, 0.05) is 6.07 Å². The van der Waals surface area contributed by atoms with Crippen molar-refractivity contribution in [1.82, 2.24) is 0 Å². The van der Waals surface area contributed by atoms with Gasteiger partial charge < -0.3 is 17.3 Å². The van der Waals surface area contributed by atoms with Crippen LogP contribution in [0.3, 0.4) is 0 Å². The van der Waals surface area contributed by atoms with Gasteiger partial charge in [-0.3, -0.25) is 0 Å². The highest BCUT2D eigenvalue weighted by atomic mass is 32.2. The number of fused-ring (bicyclic) bond motifs is 1. The largest absolute Gasteiger partial charge is 0.673 e. The van der Waals surface area contributed by atoms with Crippen molar-refractivity contribution in [3.8, 4) is 0 Å². The van der Waals surface area contributed by atoms with Crippen molar-refractivity contribution < 1.29 is 21.8 Å². The monoisotopic (exact) mass is 297 g/mol. The van der Waals surface area contributed by atoms with Crippen LogP contribution >= 0.6 is 23.1 Å². The first-order valence-electron chi connectivity index (χ1n) is 5.19. The van der Waals surface area contributed by atoms with Crippen LogP contribution in [-0.2, 0) is 6.54 Å². The topological polar surface area (TPSA) is 3.88 Å². The van der Waals surface area contributed by atoms with Gasteiger partial charge in [0.1, 0.15) is 11.2 Å². The third kappa shape index (κ3) is 4.49. The van der Waals surface area contributed by atoms with E-state index in [9.17, 15) is 17.3 Å². The maximum Gasteiger partial charge on any atom is 0.673 e. The molecule has 1 aromatic heterocycles. The molecule has 2 aromatic rings. The number of aryl methyl sites for hydroxylation is 1. The molecule has 0 aliphatic carbocycles. The second-order valence-electron chi connectivity index (χ2n) is 3.28. The highest BCUT2D eigenvalue weighted by Crippen LogP contribution is 2.25. The summed E-state index contributed by atoms with van der Waals surface area (Å²) in [6.45, 7) is 3.25. The predicted molar refractivity (Wildman–Crippen MR) is 69.7 cm³/mol. The third-order valence-electron chi connectivity index (χ3n) is 2.06. The van der Waals surface area contributed by atoms with E-state index in [2.05, 4.69) is 42.0 Å². The summed E-state index contributed by atoms with van der Waals surface area (Å²) in [6.07, 6.45) is 2.14. The van der Waals surface area contributed by atoms with Crippen molar-refractivity contribution >= 4 is 40.6 Å². The lowest BCUT2D eigenvalue weighted by atomic mass is 10.3. The average Bonchev–Trinajstić information content (AvgIpc) is 2.64. The molecule has 0 spiro atoms. The highest BCUT2D eigenvalue weighted by Gasteiger charge is 2.20. The zero-order valence-electron chi connectivity index (χ0n) is 9.87. The van der Waals surface area contributed by atoms with Gasteiger partial charge in [-0.05, 0) is 31.0 Å². The first kappa shape index (κ1) is 15.3. The Morgan fingerprint density at radius 2 is 1.78 bits per heavy atom. The van der Waals surface area contributed by atoms with Gasteiger partial charge in [-0.25, -0.2) is 0 Å². The van der Waals surface area contributed by atoms with Gasteiger partial charge in [0.25, 0.3) is 4.34 Å². The molecule has 0 bridgehead atoms. The molecule has 0 aliphatic heterocycles. The van der Waals surface area contributed by atoms with Gasteiger partial charge >= 0.3 is 7.25 Å². The first-order chi connectivity index (χ1) is 8.36. The van der Waals surface area contributed by atoms with E-state index in [1.165, 1.54) is 14.6 Å². The molecule has 2 rings (SSSR count). The fourth-order valence-corrected chi connectivity index (χ4v) is 3.47. The molecule has 0 unspecified atom stereocenters. The Bertz CT molecular complexity index is 506. The molecule has 8 heteroatoms. The molecule has 1 heterocycles. The van der Waals surface area contributed by atoms with E-state index in [4.69, 9.17) is 0 Å². The van der Waals surface area contributed by atoms with Crippen LogP contribution in [0.25, 0.3) is 10.2 Å². The Morgan fingerprint density at radius 3 is 2.28 bits per heavy atom. The number of para-hydroxylation sites is 1. The summed E-state index contributed by atoms with van der Waals surface area (Å²) < 4.78 is 44.1. The van der Waals surface area contributed by atoms with Crippen LogP contribution in [-0.4, -0.2) is 13.5 Å². The number of aromatic nitrogens is 1. The smallest absolute Gasteiger partial charge is 0.418 e. The second kappa shape index (κ2) is 6.42. The molecule has 0 N–H and O–H groups in total. The van der Waals surface area contributed by atoms with E-state index in [-0.39, 0.29) is 0 Å². The Hall–Kier alpha value is -0.755. The number of halogens is 4. The molecule has 100 valence electrons. The van der Waals surface area contributed by atoms with Crippen molar-refractivity contribution in [3.05, 3.63) is 24.3 Å². The Balaban J connectivity index is 0.000000280. The number of benzene rings is 1. The van der Waals surface area contributed by atoms with Crippen LogP contribution in [0.5, 0.6) is 0 Å². The summed E-state index contributed by atoms with van der Waals surface area (Å²) in [6, 6.07) is 8.58. The lowest BCUT2D eigenvalue weighted by molar-refractivity contribution is -0.698. The number of nitrogens with zero attached hydrogens (tertiary/aromatic N) is 1. The van der Waals surface area contributed by atoms with Crippen LogP contribution in [0.15, 0.2) is 28.6 Å². The number of rotatable bonds is 2. The van der Waals surface area contributed by atoms with Crippen LogP contribution in [0.1, 0.15) is 6.92 Å². The van der Waals surface area contributed by atoms with Gasteiger partial charge in [0.05, 0.1) is 0 Å². The van der Waals surface area contributed by atoms with Crippen LogP contribution in [0.4, 0.5) is 17.3 Å². The van der Waals surface area contributed by atoms with Gasteiger partial charge in [-0.15, -0.1) is 0 Å². The van der Waals surface area contributed by atoms with E-state index < -0.39 is 7.25 Å². The highest BCUT2D eigenvalue weighted by molar-refractivity contribution is 8.00. The lowest BCUT2D eigenvalue weighted by Crippen LogP contribution is -2.32. The summed E-state index contributed by atoms with van der Waals surface area (Å²) in [5.74, 6) is 0. The minimum Gasteiger partial charge on any atom is -0.418 e. The second-order valence-corrected chi connectivity index (χ2v) is 5.36. The first-order valence-corrected chi connectivity index (χ1v) is 7.23. The number of hydrogen-bond acceptors (Lipinski definition) is 2. The van der Waals surface area contributed by atoms with Crippen molar-refractivity contribution in [3.63, 3.8) is 0 Å². The molecule has 0 amide bonds. The normalized spacial score (nSPS) is 11.2. The molecular weight excluding hydrogens is 285 g/mol. The summed E-state index contributed by atoms with van der Waals surface area (Å²) in [7, 11) is -6.00. The molecule has 0 aliphatic rings. The Labute approximate surface area is 111 Å². The minimum atomic E-state index is -6.00. The molecule has 1 nitrogen and oxygen atoms in total. The maximum absolute atomic E-state index is 9.75. The van der Waals surface area contributed by atoms with Crippen molar-refractivity contribution in [2.75, 3.05) is 6.26 Å². The fraction of sp³-hybridized carbons (Fsp3) is 0.300. The number of thiazole rings is 1. The van der Waals surface area contributed by atoms with Crippen LogP contribution < -0.4 is 4.57 Å². The fourth-order valence-electron chi connectivity index (χ4n) is 1.47. The maximum atomic E-state index is 9.75. The van der Waals surface area contributed by atoms with Gasteiger partial charge in [-0.2, -0.15) is 4.57 Å². The van der Waals surface area contributed by atoms with E-state index in [0.29, 0.717) is 0 Å². The molecule has 0 fully saturated rings. The molecule has 0 radical (unpaired) electrons. The summed E-state index contributed by atoms with van der Waals surface area (Å²) in [5, 5.41) is 0. The molecule has 0 atom stereocenters. The Morgan fingerprint density at radius 1 is 1.22 bits per heavy atom. The van der Waals surface area contributed by atoms with E-state index in [1.807, 2.05) is 23.1 Å². The van der Waals surface area contributed by atoms with Crippen molar-refractivity contribution in [2.45, 2.75) is 17.8 Å². The van der Waals surface area contributed by atoms with E-state index >= 15 is 0 Å². The van der Waals surface area contributed by atoms with Crippen molar-refractivity contribution in [2.24, 2.45) is 0 Å². The van der Waals surface area contributed by atoms with Gasteiger partial charge in [0.2, 0.25) is 5.52 Å². The van der Waals surface area contributed by atoms with Crippen LogP contribution in [0, 0.1) is 0 Å². The van der Waals surface area contributed by atoms with Crippen molar-refractivity contribution in [1.29, 1.82) is 0 Å². The molecular formula is C10H12BF4NS2. The number of thioether (sulfide) groups is 1. The molecule has 1 aromatic carbocycles. The summed E-state index contributed by atoms with van der Waals surface area (Å²) in [5.41, 5.74) is 1.36. The van der Waals surface area contributed by atoms with E-state index in [1.54, 1.807) is 0 Å². The molecule has 0 saturated heterocycles. The van der Waals surface area contributed by atoms with E-state index in [0.717, 1.165) is 6.54 Å².